The van der Waals surface area contributed by atoms with Gasteiger partial charge in [-0.2, -0.15) is 0 Å². The summed E-state index contributed by atoms with van der Waals surface area (Å²) in [7, 11) is 3.85. The van der Waals surface area contributed by atoms with Crippen molar-refractivity contribution in [3.8, 4) is 0 Å². The fourth-order valence-corrected chi connectivity index (χ4v) is 4.51. The van der Waals surface area contributed by atoms with E-state index in [1.54, 1.807) is 0 Å². The van der Waals surface area contributed by atoms with Gasteiger partial charge in [-0.1, -0.05) is 142 Å². The molecular formula is C28H57NO. The van der Waals surface area contributed by atoms with Crippen LogP contribution >= 0.6 is 0 Å². The lowest BCUT2D eigenvalue weighted by Crippen LogP contribution is -2.29. The number of hydrogen-bond acceptors (Lipinski definition) is 1. The van der Waals surface area contributed by atoms with Crippen LogP contribution in [0.4, 0.5) is 0 Å². The minimum Gasteiger partial charge on any atom is -0.349 e. The molecule has 0 aromatic carbocycles. The summed E-state index contributed by atoms with van der Waals surface area (Å²) >= 11 is 0. The maximum atomic E-state index is 12.6. The van der Waals surface area contributed by atoms with Crippen LogP contribution in [0.2, 0.25) is 0 Å². The summed E-state index contributed by atoms with van der Waals surface area (Å²) < 4.78 is 0. The van der Waals surface area contributed by atoms with Crippen molar-refractivity contribution in [1.29, 1.82) is 0 Å². The standard InChI is InChI=1S/C28H57NO/c1-5-7-9-11-13-15-17-19-21-23-25-27(28(30)29(3)4)26-24-22-20-18-16-14-12-10-8-6-2/h27H,5-26H2,1-4H3. The Bertz CT molecular complexity index is 329. The van der Waals surface area contributed by atoms with Gasteiger partial charge in [-0.15, -0.1) is 0 Å². The quantitative estimate of drug-likeness (QED) is 0.150. The number of carbonyl (C=O) groups excluding carboxylic acids is 1. The van der Waals surface area contributed by atoms with Crippen LogP contribution in [0.5, 0.6) is 0 Å². The van der Waals surface area contributed by atoms with Gasteiger partial charge in [-0.25, -0.2) is 0 Å². The van der Waals surface area contributed by atoms with Crippen molar-refractivity contribution in [2.45, 2.75) is 155 Å². The van der Waals surface area contributed by atoms with Crippen LogP contribution in [-0.2, 0) is 4.79 Å². The minimum atomic E-state index is 0.267. The van der Waals surface area contributed by atoms with E-state index in [0.29, 0.717) is 5.91 Å². The Kier molecular flexibility index (Phi) is 22.7. The van der Waals surface area contributed by atoms with Crippen molar-refractivity contribution in [2.24, 2.45) is 5.92 Å². The van der Waals surface area contributed by atoms with E-state index in [-0.39, 0.29) is 5.92 Å². The highest BCUT2D eigenvalue weighted by Gasteiger charge is 2.19. The summed E-state index contributed by atoms with van der Waals surface area (Å²) in [4.78, 5) is 14.4. The molecule has 0 N–H and O–H groups in total. The topological polar surface area (TPSA) is 20.3 Å². The molecule has 180 valence electrons. The zero-order chi connectivity index (χ0) is 22.3. The second kappa shape index (κ2) is 23.1. The molecule has 0 aliphatic heterocycles. The number of nitrogens with zero attached hydrogens (tertiary/aromatic N) is 1. The Morgan fingerprint density at radius 1 is 0.500 bits per heavy atom. The van der Waals surface area contributed by atoms with Gasteiger partial charge in [0.2, 0.25) is 5.91 Å². The van der Waals surface area contributed by atoms with Gasteiger partial charge in [0.05, 0.1) is 0 Å². The molecule has 0 aliphatic rings. The van der Waals surface area contributed by atoms with Gasteiger partial charge in [0.25, 0.3) is 0 Å². The predicted molar refractivity (Wildman–Crippen MR) is 135 cm³/mol. The Morgan fingerprint density at radius 2 is 0.767 bits per heavy atom. The number of rotatable bonds is 23. The molecule has 2 nitrogen and oxygen atoms in total. The predicted octanol–water partition coefficient (Wildman–Crippen LogP) is 9.31. The third kappa shape index (κ3) is 19.4. The maximum absolute atomic E-state index is 12.6. The summed E-state index contributed by atoms with van der Waals surface area (Å²) in [6, 6.07) is 0. The lowest BCUT2D eigenvalue weighted by Gasteiger charge is -2.20. The molecule has 0 saturated heterocycles. The van der Waals surface area contributed by atoms with Gasteiger partial charge in [0, 0.05) is 20.0 Å². The van der Waals surface area contributed by atoms with E-state index in [1.807, 2.05) is 19.0 Å². The molecule has 2 heteroatoms. The number of hydrogen-bond donors (Lipinski definition) is 0. The average Bonchev–Trinajstić information content (AvgIpc) is 2.74. The summed E-state index contributed by atoms with van der Waals surface area (Å²) in [6.45, 7) is 4.57. The molecule has 0 aliphatic carbocycles. The summed E-state index contributed by atoms with van der Waals surface area (Å²) in [5.41, 5.74) is 0. The smallest absolute Gasteiger partial charge is 0.225 e. The molecule has 0 saturated carbocycles. The van der Waals surface area contributed by atoms with E-state index in [1.165, 1.54) is 128 Å². The Morgan fingerprint density at radius 3 is 1.03 bits per heavy atom. The van der Waals surface area contributed by atoms with Gasteiger partial charge in [0.1, 0.15) is 0 Å². The molecule has 0 atom stereocenters. The highest BCUT2D eigenvalue weighted by molar-refractivity contribution is 5.78. The van der Waals surface area contributed by atoms with Crippen molar-refractivity contribution < 1.29 is 4.79 Å². The van der Waals surface area contributed by atoms with Gasteiger partial charge in [-0.3, -0.25) is 4.79 Å². The van der Waals surface area contributed by atoms with E-state index in [4.69, 9.17) is 0 Å². The Balaban J connectivity index is 3.73. The van der Waals surface area contributed by atoms with Crippen LogP contribution in [-0.4, -0.2) is 24.9 Å². The van der Waals surface area contributed by atoms with Gasteiger partial charge in [-0.05, 0) is 12.8 Å². The summed E-state index contributed by atoms with van der Waals surface area (Å²) in [5, 5.41) is 0. The molecule has 0 aromatic rings. The fraction of sp³-hybridized carbons (Fsp3) is 0.964. The van der Waals surface area contributed by atoms with Crippen molar-refractivity contribution in [2.75, 3.05) is 14.1 Å². The zero-order valence-electron chi connectivity index (χ0n) is 21.5. The second-order valence-corrected chi connectivity index (χ2v) is 9.87. The minimum absolute atomic E-state index is 0.267. The van der Waals surface area contributed by atoms with Crippen LogP contribution in [0.3, 0.4) is 0 Å². The Hall–Kier alpha value is -0.530. The fourth-order valence-electron chi connectivity index (χ4n) is 4.51. The van der Waals surface area contributed by atoms with Crippen molar-refractivity contribution in [1.82, 2.24) is 4.90 Å². The van der Waals surface area contributed by atoms with E-state index < -0.39 is 0 Å². The van der Waals surface area contributed by atoms with Gasteiger partial charge < -0.3 is 4.90 Å². The van der Waals surface area contributed by atoms with Crippen molar-refractivity contribution >= 4 is 5.91 Å². The molecule has 1 amide bonds. The molecule has 0 fully saturated rings. The Labute approximate surface area is 191 Å². The first-order valence-electron chi connectivity index (χ1n) is 13.8. The number of amides is 1. The maximum Gasteiger partial charge on any atom is 0.225 e. The van der Waals surface area contributed by atoms with E-state index in [9.17, 15) is 4.79 Å². The SMILES string of the molecule is CCCCCCCCCCCCC(CCCCCCCCCCCC)C(=O)N(C)C. The van der Waals surface area contributed by atoms with Gasteiger partial charge >= 0.3 is 0 Å². The molecule has 0 radical (unpaired) electrons. The van der Waals surface area contributed by atoms with Crippen LogP contribution < -0.4 is 0 Å². The first kappa shape index (κ1) is 29.5. The monoisotopic (exact) mass is 423 g/mol. The van der Waals surface area contributed by atoms with Crippen LogP contribution in [0, 0.1) is 5.92 Å². The summed E-state index contributed by atoms with van der Waals surface area (Å²) in [5.74, 6) is 0.630. The van der Waals surface area contributed by atoms with E-state index in [0.717, 1.165) is 12.8 Å². The highest BCUT2D eigenvalue weighted by atomic mass is 16.2. The normalized spacial score (nSPS) is 11.4. The van der Waals surface area contributed by atoms with Crippen molar-refractivity contribution in [3.05, 3.63) is 0 Å². The highest BCUT2D eigenvalue weighted by Crippen LogP contribution is 2.21. The van der Waals surface area contributed by atoms with E-state index >= 15 is 0 Å². The first-order valence-corrected chi connectivity index (χ1v) is 13.8. The third-order valence-electron chi connectivity index (χ3n) is 6.60. The first-order chi connectivity index (χ1) is 14.6. The molecule has 0 spiro atoms. The lowest BCUT2D eigenvalue weighted by molar-refractivity contribution is -0.133. The summed E-state index contributed by atoms with van der Waals surface area (Å²) in [6.07, 6.45) is 29.6. The van der Waals surface area contributed by atoms with Crippen molar-refractivity contribution in [3.63, 3.8) is 0 Å². The van der Waals surface area contributed by atoms with Crippen LogP contribution in [0.25, 0.3) is 0 Å². The molecule has 0 unspecified atom stereocenters. The number of carbonyl (C=O) groups is 1. The molecular weight excluding hydrogens is 366 g/mol. The largest absolute Gasteiger partial charge is 0.349 e. The second-order valence-electron chi connectivity index (χ2n) is 9.87. The molecule has 0 rings (SSSR count). The molecule has 0 bridgehead atoms. The van der Waals surface area contributed by atoms with Crippen LogP contribution in [0.15, 0.2) is 0 Å². The number of unbranched alkanes of at least 4 members (excludes halogenated alkanes) is 18. The molecule has 0 aromatic heterocycles. The average molecular weight is 424 g/mol. The van der Waals surface area contributed by atoms with Crippen LogP contribution in [0.1, 0.15) is 155 Å². The lowest BCUT2D eigenvalue weighted by atomic mass is 9.93. The van der Waals surface area contributed by atoms with Gasteiger partial charge in [0.15, 0.2) is 0 Å². The van der Waals surface area contributed by atoms with E-state index in [2.05, 4.69) is 13.8 Å². The molecule has 30 heavy (non-hydrogen) atoms. The molecule has 0 heterocycles. The third-order valence-corrected chi connectivity index (χ3v) is 6.60. The zero-order valence-corrected chi connectivity index (χ0v) is 21.5.